The van der Waals surface area contributed by atoms with Gasteiger partial charge in [0, 0.05) is 0 Å². The molecule has 1 N–H and O–H groups in total. The molecule has 0 aromatic carbocycles. The highest BCUT2D eigenvalue weighted by molar-refractivity contribution is 5.74. The van der Waals surface area contributed by atoms with Crippen molar-refractivity contribution in [2.45, 2.75) is 32.5 Å². The number of aliphatic hydroxyl groups excluding tert-OH is 1. The molecule has 0 aliphatic carbocycles. The molecule has 0 spiro atoms. The summed E-state index contributed by atoms with van der Waals surface area (Å²) in [5.41, 5.74) is 0. The Labute approximate surface area is 60.0 Å². The van der Waals surface area contributed by atoms with Crippen LogP contribution in [-0.2, 0) is 9.53 Å². The molecule has 1 rings (SSSR count). The minimum Gasteiger partial charge on any atom is -0.459 e. The molecule has 1 heterocycles. The largest absolute Gasteiger partial charge is 0.459 e. The van der Waals surface area contributed by atoms with Crippen molar-refractivity contribution in [3.63, 3.8) is 0 Å². The van der Waals surface area contributed by atoms with Crippen LogP contribution in [0.4, 0.5) is 0 Å². The number of hydrogen-bond donors (Lipinski definition) is 1. The van der Waals surface area contributed by atoms with E-state index in [4.69, 9.17) is 9.84 Å². The van der Waals surface area contributed by atoms with Crippen molar-refractivity contribution in [2.24, 2.45) is 5.92 Å². The third kappa shape index (κ3) is 1.29. The summed E-state index contributed by atoms with van der Waals surface area (Å²) in [4.78, 5) is 10.8. The second-order valence-corrected chi connectivity index (χ2v) is 2.85. The molecule has 3 heteroatoms. The molecule has 1 saturated heterocycles. The van der Waals surface area contributed by atoms with Crippen molar-refractivity contribution >= 4 is 5.97 Å². The normalized spacial score (nSPS) is 35.7. The molecular weight excluding hydrogens is 132 g/mol. The number of rotatable bonds is 1. The maximum absolute atomic E-state index is 10.8. The lowest BCUT2D eigenvalue weighted by molar-refractivity contribution is -0.147. The third-order valence-corrected chi connectivity index (χ3v) is 1.79. The number of esters is 1. The van der Waals surface area contributed by atoms with Gasteiger partial charge in [0.15, 0.2) is 0 Å². The van der Waals surface area contributed by atoms with Crippen LogP contribution in [0.2, 0.25) is 0 Å². The smallest absolute Gasteiger partial charge is 0.309 e. The van der Waals surface area contributed by atoms with E-state index in [2.05, 4.69) is 0 Å². The second-order valence-electron chi connectivity index (χ2n) is 2.85. The van der Waals surface area contributed by atoms with Gasteiger partial charge in [0.25, 0.3) is 0 Å². The molecule has 58 valence electrons. The van der Waals surface area contributed by atoms with Gasteiger partial charge in [-0.1, -0.05) is 6.92 Å². The first-order chi connectivity index (χ1) is 4.61. The van der Waals surface area contributed by atoms with Crippen LogP contribution in [0.5, 0.6) is 0 Å². The highest BCUT2D eigenvalue weighted by Crippen LogP contribution is 2.22. The van der Waals surface area contributed by atoms with E-state index >= 15 is 0 Å². The van der Waals surface area contributed by atoms with Crippen LogP contribution in [0.15, 0.2) is 0 Å². The molecule has 1 aliphatic rings. The Bertz CT molecular complexity index is 142. The summed E-state index contributed by atoms with van der Waals surface area (Å²) in [5.74, 6) is -0.231. The Morgan fingerprint density at radius 2 is 2.40 bits per heavy atom. The van der Waals surface area contributed by atoms with E-state index in [1.165, 1.54) is 0 Å². The Morgan fingerprint density at radius 3 is 2.60 bits per heavy atom. The number of carbonyl (C=O) groups excluding carboxylic acids is 1. The lowest BCUT2D eigenvalue weighted by Gasteiger charge is -2.10. The van der Waals surface area contributed by atoms with Crippen LogP contribution in [0, 0.1) is 5.92 Å². The van der Waals surface area contributed by atoms with Gasteiger partial charge < -0.3 is 9.84 Å². The van der Waals surface area contributed by atoms with Crippen molar-refractivity contribution in [1.82, 2.24) is 0 Å². The minimum atomic E-state index is -0.533. The van der Waals surface area contributed by atoms with Gasteiger partial charge in [-0.3, -0.25) is 4.79 Å². The third-order valence-electron chi connectivity index (χ3n) is 1.79. The number of hydrogen-bond acceptors (Lipinski definition) is 3. The maximum Gasteiger partial charge on any atom is 0.309 e. The summed E-state index contributed by atoms with van der Waals surface area (Å²) < 4.78 is 4.85. The number of cyclic esters (lactones) is 1. The summed E-state index contributed by atoms with van der Waals surface area (Å²) in [6, 6.07) is 0. The summed E-state index contributed by atoms with van der Waals surface area (Å²) in [7, 11) is 0. The highest BCUT2D eigenvalue weighted by Gasteiger charge is 2.33. The topological polar surface area (TPSA) is 46.5 Å². The standard InChI is InChI=1S/C7H12O3/c1-4-3-6(5(2)8)10-7(4)9/h4-6,8H,3H2,1-2H3/t4-,5?,6+/m1/s1. The Balaban J connectivity index is 2.49. The van der Waals surface area contributed by atoms with Crippen molar-refractivity contribution < 1.29 is 14.6 Å². The first kappa shape index (κ1) is 7.54. The Kier molecular flexibility index (Phi) is 1.94. The molecule has 0 radical (unpaired) electrons. The summed E-state index contributed by atoms with van der Waals surface area (Å²) in [6.45, 7) is 3.45. The van der Waals surface area contributed by atoms with Gasteiger partial charge in [0.05, 0.1) is 12.0 Å². The van der Waals surface area contributed by atoms with Gasteiger partial charge in [-0.05, 0) is 13.3 Å². The number of ether oxygens (including phenoxy) is 1. The van der Waals surface area contributed by atoms with Crippen molar-refractivity contribution in [3.05, 3.63) is 0 Å². The van der Waals surface area contributed by atoms with Crippen LogP contribution < -0.4 is 0 Å². The van der Waals surface area contributed by atoms with Crippen LogP contribution >= 0.6 is 0 Å². The zero-order valence-electron chi connectivity index (χ0n) is 6.20. The molecule has 3 atom stereocenters. The predicted molar refractivity (Wildman–Crippen MR) is 35.3 cm³/mol. The highest BCUT2D eigenvalue weighted by atomic mass is 16.6. The van der Waals surface area contributed by atoms with Crippen LogP contribution in [0.3, 0.4) is 0 Å². The van der Waals surface area contributed by atoms with E-state index in [1.807, 2.05) is 6.92 Å². The fraction of sp³-hybridized carbons (Fsp3) is 0.857. The Hall–Kier alpha value is -0.570. The van der Waals surface area contributed by atoms with E-state index in [1.54, 1.807) is 6.92 Å². The summed E-state index contributed by atoms with van der Waals surface area (Å²) >= 11 is 0. The zero-order valence-corrected chi connectivity index (χ0v) is 6.20. The molecule has 0 saturated carbocycles. The van der Waals surface area contributed by atoms with Crippen LogP contribution in [-0.4, -0.2) is 23.3 Å². The molecule has 1 unspecified atom stereocenters. The number of carbonyl (C=O) groups is 1. The minimum absolute atomic E-state index is 0.0420. The molecule has 0 amide bonds. The van der Waals surface area contributed by atoms with Crippen LogP contribution in [0.1, 0.15) is 20.3 Å². The predicted octanol–water partition coefficient (Wildman–Crippen LogP) is 0.319. The average molecular weight is 144 g/mol. The lowest BCUT2D eigenvalue weighted by atomic mass is 10.1. The van der Waals surface area contributed by atoms with Gasteiger partial charge in [0.2, 0.25) is 0 Å². The van der Waals surface area contributed by atoms with E-state index in [0.717, 1.165) is 0 Å². The lowest BCUT2D eigenvalue weighted by Crippen LogP contribution is -2.21. The molecule has 0 aromatic heterocycles. The summed E-state index contributed by atoms with van der Waals surface area (Å²) in [6.07, 6.45) is -0.160. The first-order valence-corrected chi connectivity index (χ1v) is 3.50. The van der Waals surface area contributed by atoms with Gasteiger partial charge >= 0.3 is 5.97 Å². The molecular formula is C7H12O3. The molecule has 1 aliphatic heterocycles. The van der Waals surface area contributed by atoms with Gasteiger partial charge in [0.1, 0.15) is 6.10 Å². The average Bonchev–Trinajstić information content (AvgIpc) is 2.13. The SMILES string of the molecule is CC(O)[C@@H]1C[C@@H](C)C(=O)O1. The van der Waals surface area contributed by atoms with Gasteiger partial charge in [-0.15, -0.1) is 0 Å². The molecule has 10 heavy (non-hydrogen) atoms. The molecule has 0 aromatic rings. The van der Waals surface area contributed by atoms with Crippen molar-refractivity contribution in [3.8, 4) is 0 Å². The molecule has 0 bridgehead atoms. The number of aliphatic hydroxyl groups is 1. The maximum atomic E-state index is 10.8. The van der Waals surface area contributed by atoms with Crippen molar-refractivity contribution in [2.75, 3.05) is 0 Å². The first-order valence-electron chi connectivity index (χ1n) is 3.50. The fourth-order valence-corrected chi connectivity index (χ4v) is 1.05. The van der Waals surface area contributed by atoms with E-state index in [-0.39, 0.29) is 18.0 Å². The Morgan fingerprint density at radius 1 is 1.80 bits per heavy atom. The summed E-state index contributed by atoms with van der Waals surface area (Å²) in [5, 5.41) is 9.01. The quantitative estimate of drug-likeness (QED) is 0.539. The van der Waals surface area contributed by atoms with E-state index in [9.17, 15) is 4.79 Å². The fourth-order valence-electron chi connectivity index (χ4n) is 1.05. The van der Waals surface area contributed by atoms with Crippen molar-refractivity contribution in [1.29, 1.82) is 0 Å². The molecule has 1 fully saturated rings. The zero-order chi connectivity index (χ0) is 7.72. The monoisotopic (exact) mass is 144 g/mol. The van der Waals surface area contributed by atoms with E-state index < -0.39 is 6.10 Å². The van der Waals surface area contributed by atoms with E-state index in [0.29, 0.717) is 6.42 Å². The second kappa shape index (κ2) is 2.58. The van der Waals surface area contributed by atoms with Gasteiger partial charge in [-0.25, -0.2) is 0 Å². The van der Waals surface area contributed by atoms with Gasteiger partial charge in [-0.2, -0.15) is 0 Å². The van der Waals surface area contributed by atoms with Crippen LogP contribution in [0.25, 0.3) is 0 Å². The molecule has 3 nitrogen and oxygen atoms in total.